The zero-order chi connectivity index (χ0) is 14.4. The third-order valence-electron chi connectivity index (χ3n) is 4.04. The number of aliphatic hydroxyl groups excluding tert-OH is 1. The van der Waals surface area contributed by atoms with Gasteiger partial charge in [0.2, 0.25) is 0 Å². The number of fused-ring (bicyclic) bond motifs is 1. The molecule has 0 bridgehead atoms. The summed E-state index contributed by atoms with van der Waals surface area (Å²) in [6.07, 6.45) is 0.552. The maximum Gasteiger partial charge on any atom is 0.0756 e. The number of halogens is 1. The SMILES string of the molecule is Cc1cc(N2C[C@@H](O)C[C@@H]2C)c2cc(Cl)cc(C)c2n1. The lowest BCUT2D eigenvalue weighted by Gasteiger charge is -2.25. The number of benzene rings is 1. The first-order valence-corrected chi connectivity index (χ1v) is 7.35. The summed E-state index contributed by atoms with van der Waals surface area (Å²) >= 11 is 6.21. The molecule has 2 aromatic rings. The average Bonchev–Trinajstić information content (AvgIpc) is 2.68. The number of aromatic nitrogens is 1. The minimum absolute atomic E-state index is 0.256. The van der Waals surface area contributed by atoms with E-state index >= 15 is 0 Å². The Kier molecular flexibility index (Phi) is 3.35. The van der Waals surface area contributed by atoms with Gasteiger partial charge in [-0.05, 0) is 51.0 Å². The first-order valence-electron chi connectivity index (χ1n) is 6.98. The standard InChI is InChI=1S/C16H19ClN2O/c1-9-4-12(17)7-14-15(5-10(2)18-16(9)14)19-8-13(20)6-11(19)3/h4-5,7,11,13,20H,6,8H2,1-3H3/t11-,13-/m0/s1. The zero-order valence-corrected chi connectivity index (χ0v) is 12.8. The van der Waals surface area contributed by atoms with Gasteiger partial charge in [-0.25, -0.2) is 0 Å². The lowest BCUT2D eigenvalue weighted by atomic mass is 10.1. The Balaban J connectivity index is 2.24. The highest BCUT2D eigenvalue weighted by Crippen LogP contribution is 2.35. The van der Waals surface area contributed by atoms with E-state index < -0.39 is 0 Å². The Labute approximate surface area is 124 Å². The summed E-state index contributed by atoms with van der Waals surface area (Å²) < 4.78 is 0. The predicted molar refractivity (Wildman–Crippen MR) is 83.7 cm³/mol. The molecule has 0 spiro atoms. The zero-order valence-electron chi connectivity index (χ0n) is 12.0. The summed E-state index contributed by atoms with van der Waals surface area (Å²) in [5, 5.41) is 11.7. The third-order valence-corrected chi connectivity index (χ3v) is 4.26. The van der Waals surface area contributed by atoms with Crippen LogP contribution in [-0.4, -0.2) is 28.8 Å². The topological polar surface area (TPSA) is 36.4 Å². The largest absolute Gasteiger partial charge is 0.391 e. The molecule has 1 aromatic heterocycles. The molecule has 0 unspecified atom stereocenters. The minimum atomic E-state index is -0.256. The van der Waals surface area contributed by atoms with Crippen molar-refractivity contribution in [1.29, 1.82) is 0 Å². The maximum atomic E-state index is 9.90. The van der Waals surface area contributed by atoms with Crippen molar-refractivity contribution in [2.24, 2.45) is 0 Å². The Morgan fingerprint density at radius 3 is 2.70 bits per heavy atom. The van der Waals surface area contributed by atoms with Crippen LogP contribution in [0.4, 0.5) is 5.69 Å². The molecule has 2 atom stereocenters. The number of anilines is 1. The first-order chi connectivity index (χ1) is 9.45. The number of hydrogen-bond donors (Lipinski definition) is 1. The highest BCUT2D eigenvalue weighted by Gasteiger charge is 2.29. The molecule has 1 saturated heterocycles. The number of hydrogen-bond acceptors (Lipinski definition) is 3. The lowest BCUT2D eigenvalue weighted by molar-refractivity contribution is 0.195. The van der Waals surface area contributed by atoms with Gasteiger partial charge in [0.1, 0.15) is 0 Å². The first kappa shape index (κ1) is 13.7. The molecule has 2 heterocycles. The Bertz CT molecular complexity index is 671. The van der Waals surface area contributed by atoms with Gasteiger partial charge in [0.25, 0.3) is 0 Å². The van der Waals surface area contributed by atoms with E-state index in [1.54, 1.807) is 0 Å². The van der Waals surface area contributed by atoms with E-state index in [2.05, 4.69) is 22.9 Å². The summed E-state index contributed by atoms with van der Waals surface area (Å²) in [4.78, 5) is 6.91. The number of aryl methyl sites for hydroxylation is 2. The molecule has 0 radical (unpaired) electrons. The summed E-state index contributed by atoms with van der Waals surface area (Å²) in [7, 11) is 0. The quantitative estimate of drug-likeness (QED) is 0.874. The van der Waals surface area contributed by atoms with E-state index in [4.69, 9.17) is 11.6 Å². The molecule has 1 fully saturated rings. The molecule has 0 aliphatic carbocycles. The van der Waals surface area contributed by atoms with Gasteiger partial charge in [-0.1, -0.05) is 11.6 Å². The Morgan fingerprint density at radius 2 is 2.05 bits per heavy atom. The van der Waals surface area contributed by atoms with Gasteiger partial charge >= 0.3 is 0 Å². The van der Waals surface area contributed by atoms with E-state index in [-0.39, 0.29) is 6.10 Å². The van der Waals surface area contributed by atoms with Gasteiger partial charge in [0.05, 0.1) is 11.6 Å². The molecular formula is C16H19ClN2O. The van der Waals surface area contributed by atoms with Crippen LogP contribution in [0, 0.1) is 13.8 Å². The monoisotopic (exact) mass is 290 g/mol. The van der Waals surface area contributed by atoms with Gasteiger partial charge in [-0.2, -0.15) is 0 Å². The summed E-state index contributed by atoms with van der Waals surface area (Å²) in [6, 6.07) is 6.34. The van der Waals surface area contributed by atoms with Crippen LogP contribution >= 0.6 is 11.6 Å². The lowest BCUT2D eigenvalue weighted by Crippen LogP contribution is -2.27. The number of aliphatic hydroxyl groups is 1. The molecule has 1 aliphatic heterocycles. The molecule has 20 heavy (non-hydrogen) atoms. The normalized spacial score (nSPS) is 22.8. The molecule has 3 rings (SSSR count). The Hall–Kier alpha value is -1.32. The van der Waals surface area contributed by atoms with Crippen molar-refractivity contribution in [2.75, 3.05) is 11.4 Å². The van der Waals surface area contributed by atoms with Crippen LogP contribution in [0.25, 0.3) is 10.9 Å². The highest BCUT2D eigenvalue weighted by molar-refractivity contribution is 6.31. The van der Waals surface area contributed by atoms with Crippen LogP contribution in [0.5, 0.6) is 0 Å². The van der Waals surface area contributed by atoms with Crippen LogP contribution < -0.4 is 4.90 Å². The molecule has 1 N–H and O–H groups in total. The van der Waals surface area contributed by atoms with Gasteiger partial charge in [-0.3, -0.25) is 4.98 Å². The second-order valence-corrected chi connectivity index (χ2v) is 6.23. The number of β-amino-alcohol motifs (C(OH)–C–C–N with tert-alkyl or cyclic N) is 1. The second kappa shape index (κ2) is 4.90. The van der Waals surface area contributed by atoms with Crippen molar-refractivity contribution < 1.29 is 5.11 Å². The fourth-order valence-corrected chi connectivity index (χ4v) is 3.41. The third kappa shape index (κ3) is 2.25. The molecule has 0 saturated carbocycles. The summed E-state index contributed by atoms with van der Waals surface area (Å²) in [6.45, 7) is 6.86. The van der Waals surface area contributed by atoms with Crippen LogP contribution in [-0.2, 0) is 0 Å². The highest BCUT2D eigenvalue weighted by atomic mass is 35.5. The molecule has 106 valence electrons. The average molecular weight is 291 g/mol. The van der Waals surface area contributed by atoms with Gasteiger partial charge in [0, 0.05) is 34.4 Å². The Morgan fingerprint density at radius 1 is 1.30 bits per heavy atom. The van der Waals surface area contributed by atoms with Crippen LogP contribution in [0.3, 0.4) is 0 Å². The smallest absolute Gasteiger partial charge is 0.0756 e. The number of pyridine rings is 1. The van der Waals surface area contributed by atoms with Crippen LogP contribution in [0.2, 0.25) is 5.02 Å². The van der Waals surface area contributed by atoms with E-state index in [1.807, 2.05) is 26.0 Å². The van der Waals surface area contributed by atoms with Crippen LogP contribution in [0.15, 0.2) is 18.2 Å². The fraction of sp³-hybridized carbons (Fsp3) is 0.438. The van der Waals surface area contributed by atoms with Crippen molar-refractivity contribution in [3.63, 3.8) is 0 Å². The molecule has 3 nitrogen and oxygen atoms in total. The van der Waals surface area contributed by atoms with Gasteiger partial charge < -0.3 is 10.0 Å². The predicted octanol–water partition coefficient (Wildman–Crippen LogP) is 3.46. The molecular weight excluding hydrogens is 272 g/mol. The fourth-order valence-electron chi connectivity index (χ4n) is 3.14. The van der Waals surface area contributed by atoms with Crippen molar-refractivity contribution in [3.8, 4) is 0 Å². The molecule has 4 heteroatoms. The van der Waals surface area contributed by atoms with E-state index in [0.717, 1.165) is 39.3 Å². The second-order valence-electron chi connectivity index (χ2n) is 5.79. The van der Waals surface area contributed by atoms with E-state index in [0.29, 0.717) is 12.6 Å². The van der Waals surface area contributed by atoms with Gasteiger partial charge in [-0.15, -0.1) is 0 Å². The summed E-state index contributed by atoms with van der Waals surface area (Å²) in [5.41, 5.74) is 4.21. The molecule has 1 aliphatic rings. The van der Waals surface area contributed by atoms with Crippen molar-refractivity contribution >= 4 is 28.2 Å². The number of nitrogens with zero attached hydrogens (tertiary/aromatic N) is 2. The van der Waals surface area contributed by atoms with Crippen molar-refractivity contribution in [1.82, 2.24) is 4.98 Å². The molecule has 1 aromatic carbocycles. The van der Waals surface area contributed by atoms with Crippen molar-refractivity contribution in [3.05, 3.63) is 34.5 Å². The molecule has 0 amide bonds. The van der Waals surface area contributed by atoms with E-state index in [9.17, 15) is 5.11 Å². The summed E-state index contributed by atoms with van der Waals surface area (Å²) in [5.74, 6) is 0. The van der Waals surface area contributed by atoms with Crippen molar-refractivity contribution in [2.45, 2.75) is 39.3 Å². The van der Waals surface area contributed by atoms with Gasteiger partial charge in [0.15, 0.2) is 0 Å². The number of rotatable bonds is 1. The van der Waals surface area contributed by atoms with E-state index in [1.165, 1.54) is 0 Å². The maximum absolute atomic E-state index is 9.90. The van der Waals surface area contributed by atoms with Crippen LogP contribution in [0.1, 0.15) is 24.6 Å². The minimum Gasteiger partial charge on any atom is -0.391 e.